The van der Waals surface area contributed by atoms with Crippen LogP contribution in [0.1, 0.15) is 25.3 Å². The van der Waals surface area contributed by atoms with E-state index in [4.69, 9.17) is 11.2 Å². The molecule has 0 aliphatic heterocycles. The summed E-state index contributed by atoms with van der Waals surface area (Å²) in [5.41, 5.74) is 1.08. The fourth-order valence-corrected chi connectivity index (χ4v) is 2.34. The number of hydrogen-bond acceptors (Lipinski definition) is 1. The largest absolute Gasteiger partial charge is 0.494 e. The van der Waals surface area contributed by atoms with E-state index < -0.39 is 7.15 Å². The molecule has 0 aromatic heterocycles. The van der Waals surface area contributed by atoms with E-state index in [1.807, 2.05) is 24.3 Å². The predicted molar refractivity (Wildman–Crippen MR) is 53.6 cm³/mol. The van der Waals surface area contributed by atoms with Crippen LogP contribution in [-0.2, 0) is 4.57 Å². The van der Waals surface area contributed by atoms with E-state index in [0.29, 0.717) is 5.92 Å². The minimum absolute atomic E-state index is 0.374. The molecule has 1 aromatic rings. The molecule has 1 unspecified atom stereocenters. The molecule has 0 N–H and O–H groups in total. The first-order chi connectivity index (χ1) is 5.63. The lowest BCUT2D eigenvalue weighted by Gasteiger charge is -2.02. The van der Waals surface area contributed by atoms with Crippen molar-refractivity contribution < 1.29 is 4.57 Å². The van der Waals surface area contributed by atoms with Gasteiger partial charge in [0.2, 0.25) is 16.5 Å². The summed E-state index contributed by atoms with van der Waals surface area (Å²) in [7, 11) is -1.73. The molecular weight excluding hydrogens is 191 g/mol. The van der Waals surface area contributed by atoms with Gasteiger partial charge in [-0.15, -0.1) is 0 Å². The van der Waals surface area contributed by atoms with Crippen molar-refractivity contribution >= 4 is 23.7 Å². The molecule has 0 heterocycles. The van der Waals surface area contributed by atoms with Gasteiger partial charge in [0, 0.05) is 5.56 Å². The highest BCUT2D eigenvalue weighted by Gasteiger charge is 2.22. The predicted octanol–water partition coefficient (Wildman–Crippen LogP) is 3.42. The highest BCUT2D eigenvalue weighted by molar-refractivity contribution is 7.80. The summed E-state index contributed by atoms with van der Waals surface area (Å²) in [6, 6.07) is 7.59. The SMILES string of the molecule is CC(C)c1ccccc1[P+](=O)Cl. The van der Waals surface area contributed by atoms with E-state index in [1.54, 1.807) is 0 Å². The molecule has 1 atom stereocenters. The van der Waals surface area contributed by atoms with Crippen molar-refractivity contribution in [3.63, 3.8) is 0 Å². The van der Waals surface area contributed by atoms with Crippen molar-refractivity contribution in [2.45, 2.75) is 19.8 Å². The maximum Gasteiger partial charge on any atom is 0.494 e. The quantitative estimate of drug-likeness (QED) is 0.670. The summed E-state index contributed by atoms with van der Waals surface area (Å²) in [5, 5.41) is 0.768. The van der Waals surface area contributed by atoms with Crippen LogP contribution in [0.15, 0.2) is 24.3 Å². The van der Waals surface area contributed by atoms with E-state index in [1.165, 1.54) is 0 Å². The van der Waals surface area contributed by atoms with E-state index in [0.717, 1.165) is 10.9 Å². The first-order valence-electron chi connectivity index (χ1n) is 3.85. The Morgan fingerprint density at radius 2 is 1.92 bits per heavy atom. The van der Waals surface area contributed by atoms with Gasteiger partial charge in [-0.3, -0.25) is 0 Å². The van der Waals surface area contributed by atoms with E-state index in [9.17, 15) is 4.57 Å². The van der Waals surface area contributed by atoms with Crippen molar-refractivity contribution in [2.75, 3.05) is 0 Å². The van der Waals surface area contributed by atoms with Crippen LogP contribution >= 0.6 is 18.4 Å². The molecule has 1 nitrogen and oxygen atoms in total. The minimum Gasteiger partial charge on any atom is -0.0617 e. The average molecular weight is 202 g/mol. The smallest absolute Gasteiger partial charge is 0.0617 e. The first-order valence-corrected chi connectivity index (χ1v) is 6.01. The summed E-state index contributed by atoms with van der Waals surface area (Å²) in [5.74, 6) is 0.374. The Morgan fingerprint density at radius 3 is 2.33 bits per heavy atom. The minimum atomic E-state index is -1.73. The zero-order valence-corrected chi connectivity index (χ0v) is 8.77. The number of benzene rings is 1. The fraction of sp³-hybridized carbons (Fsp3) is 0.333. The zero-order valence-electron chi connectivity index (χ0n) is 7.12. The molecule has 0 aliphatic carbocycles. The van der Waals surface area contributed by atoms with Gasteiger partial charge in [-0.2, -0.15) is 0 Å². The molecule has 0 fully saturated rings. The molecule has 0 spiro atoms. The van der Waals surface area contributed by atoms with Gasteiger partial charge < -0.3 is 0 Å². The lowest BCUT2D eigenvalue weighted by atomic mass is 10.0. The summed E-state index contributed by atoms with van der Waals surface area (Å²) in [6.45, 7) is 4.13. The summed E-state index contributed by atoms with van der Waals surface area (Å²) >= 11 is 5.56. The van der Waals surface area contributed by atoms with Crippen molar-refractivity contribution in [2.24, 2.45) is 0 Å². The average Bonchev–Trinajstić information content (AvgIpc) is 2.04. The van der Waals surface area contributed by atoms with Crippen molar-refractivity contribution in [3.8, 4) is 0 Å². The third kappa shape index (κ3) is 2.06. The van der Waals surface area contributed by atoms with E-state index in [2.05, 4.69) is 13.8 Å². The molecule has 0 saturated heterocycles. The van der Waals surface area contributed by atoms with Crippen molar-refractivity contribution in [1.29, 1.82) is 0 Å². The van der Waals surface area contributed by atoms with Gasteiger partial charge in [0.25, 0.3) is 0 Å². The van der Waals surface area contributed by atoms with Crippen LogP contribution in [0.5, 0.6) is 0 Å². The Hall–Kier alpha value is -0.390. The van der Waals surface area contributed by atoms with Gasteiger partial charge in [-0.1, -0.05) is 32.0 Å². The Kier molecular flexibility index (Phi) is 3.25. The normalized spacial score (nSPS) is 11.8. The monoisotopic (exact) mass is 201 g/mol. The van der Waals surface area contributed by atoms with E-state index in [-0.39, 0.29) is 0 Å². The molecule has 1 aromatic carbocycles. The Balaban J connectivity index is 3.17. The topological polar surface area (TPSA) is 17.1 Å². The lowest BCUT2D eigenvalue weighted by molar-refractivity contribution is 0.600. The molecule has 64 valence electrons. The maximum atomic E-state index is 11.1. The Labute approximate surface area is 78.3 Å². The van der Waals surface area contributed by atoms with Gasteiger partial charge >= 0.3 is 7.15 Å². The fourth-order valence-electron chi connectivity index (χ4n) is 1.14. The molecule has 0 bridgehead atoms. The zero-order chi connectivity index (χ0) is 9.14. The van der Waals surface area contributed by atoms with Gasteiger partial charge in [0.15, 0.2) is 0 Å². The maximum absolute atomic E-state index is 11.1. The molecule has 0 saturated carbocycles. The van der Waals surface area contributed by atoms with Crippen LogP contribution < -0.4 is 5.30 Å². The molecule has 1 rings (SSSR count). The highest BCUT2D eigenvalue weighted by Crippen LogP contribution is 2.29. The third-order valence-electron chi connectivity index (χ3n) is 1.75. The van der Waals surface area contributed by atoms with Crippen LogP contribution in [0.3, 0.4) is 0 Å². The second-order valence-corrected chi connectivity index (χ2v) is 4.85. The van der Waals surface area contributed by atoms with Gasteiger partial charge in [-0.25, -0.2) is 0 Å². The molecule has 3 heteroatoms. The van der Waals surface area contributed by atoms with Gasteiger partial charge in [0.05, 0.1) is 0 Å². The number of halogens is 1. The first kappa shape index (κ1) is 9.70. The van der Waals surface area contributed by atoms with Crippen LogP contribution in [-0.4, -0.2) is 0 Å². The molecule has 0 radical (unpaired) electrons. The standard InChI is InChI=1S/C9H11ClOP/c1-7(2)8-5-3-4-6-9(8)12(10)11/h3-7H,1-2H3/q+1. The summed E-state index contributed by atoms with van der Waals surface area (Å²) in [4.78, 5) is 0. The Bertz CT molecular complexity index is 296. The van der Waals surface area contributed by atoms with E-state index >= 15 is 0 Å². The van der Waals surface area contributed by atoms with Crippen molar-refractivity contribution in [1.82, 2.24) is 0 Å². The lowest BCUT2D eigenvalue weighted by Crippen LogP contribution is -2.04. The summed E-state index contributed by atoms with van der Waals surface area (Å²) in [6.07, 6.45) is 0. The third-order valence-corrected chi connectivity index (χ3v) is 3.08. The molecule has 0 amide bonds. The van der Waals surface area contributed by atoms with Crippen LogP contribution in [0.4, 0.5) is 0 Å². The molecular formula is C9H11ClOP+. The summed E-state index contributed by atoms with van der Waals surface area (Å²) < 4.78 is 11.1. The highest BCUT2D eigenvalue weighted by atomic mass is 35.7. The number of hydrogen-bond donors (Lipinski definition) is 0. The van der Waals surface area contributed by atoms with Gasteiger partial charge in [0.1, 0.15) is 0 Å². The second kappa shape index (κ2) is 4.02. The van der Waals surface area contributed by atoms with Crippen LogP contribution in [0, 0.1) is 0 Å². The second-order valence-electron chi connectivity index (χ2n) is 2.96. The van der Waals surface area contributed by atoms with Gasteiger partial charge in [-0.05, 0) is 16.5 Å². The number of rotatable bonds is 2. The Morgan fingerprint density at radius 1 is 1.33 bits per heavy atom. The van der Waals surface area contributed by atoms with Crippen molar-refractivity contribution in [3.05, 3.63) is 29.8 Å². The van der Waals surface area contributed by atoms with Crippen LogP contribution in [0.25, 0.3) is 0 Å². The van der Waals surface area contributed by atoms with Crippen LogP contribution in [0.2, 0.25) is 0 Å². The molecule has 0 aliphatic rings. The molecule has 12 heavy (non-hydrogen) atoms.